The van der Waals surface area contributed by atoms with Crippen molar-refractivity contribution >= 4 is 46.7 Å². The van der Waals surface area contributed by atoms with Gasteiger partial charge in [-0.3, -0.25) is 9.59 Å². The molecule has 9 nitrogen and oxygen atoms in total. The van der Waals surface area contributed by atoms with Crippen LogP contribution in [0.5, 0.6) is 11.5 Å². The molecule has 176 valence electrons. The van der Waals surface area contributed by atoms with E-state index in [0.29, 0.717) is 22.2 Å². The van der Waals surface area contributed by atoms with E-state index < -0.39 is 24.0 Å². The van der Waals surface area contributed by atoms with Crippen LogP contribution in [-0.4, -0.2) is 53.8 Å². The predicted octanol–water partition coefficient (Wildman–Crippen LogP) is 2.72. The van der Waals surface area contributed by atoms with Crippen molar-refractivity contribution in [1.82, 2.24) is 16.0 Å². The minimum Gasteiger partial charge on any atom is -0.508 e. The molecule has 0 bridgehead atoms. The normalized spacial score (nSPS) is 16.2. The number of hydrogen-bond acceptors (Lipinski definition) is 7. The zero-order chi connectivity index (χ0) is 24.1. The highest BCUT2D eigenvalue weighted by Gasteiger charge is 2.18. The van der Waals surface area contributed by atoms with Crippen LogP contribution in [0.4, 0.5) is 10.1 Å². The number of phenolic OH excluding ortho intramolecular Hbond substituents is 2. The molecule has 0 saturated carbocycles. The number of hydrogen-bond donors (Lipinski definition) is 6. The summed E-state index contributed by atoms with van der Waals surface area (Å²) in [5.74, 6) is -1.19. The molecule has 1 aliphatic heterocycles. The van der Waals surface area contributed by atoms with E-state index in [0.717, 1.165) is 0 Å². The number of anilines is 1. The Labute approximate surface area is 199 Å². The lowest BCUT2D eigenvalue weighted by Gasteiger charge is -2.19. The van der Waals surface area contributed by atoms with Crippen LogP contribution in [0.2, 0.25) is 10.0 Å². The molecule has 6 N–H and O–H groups in total. The number of alkyl halides is 1. The number of aliphatic imine (C=N–C) groups is 1. The molecule has 0 radical (unpaired) electrons. The first-order chi connectivity index (χ1) is 15.6. The first-order valence-corrected chi connectivity index (χ1v) is 10.7. The molecule has 2 aromatic carbocycles. The van der Waals surface area contributed by atoms with E-state index in [1.54, 1.807) is 6.92 Å². The average molecular weight is 498 g/mol. The summed E-state index contributed by atoms with van der Waals surface area (Å²) in [6.45, 7) is 1.38. The molecule has 33 heavy (non-hydrogen) atoms. The highest BCUT2D eigenvalue weighted by atomic mass is 35.5. The Morgan fingerprint density at radius 3 is 2.70 bits per heavy atom. The van der Waals surface area contributed by atoms with Gasteiger partial charge in [-0.2, -0.15) is 0 Å². The molecule has 0 fully saturated rings. The number of phenols is 2. The monoisotopic (exact) mass is 497 g/mol. The molecule has 2 atom stereocenters. The summed E-state index contributed by atoms with van der Waals surface area (Å²) < 4.78 is 13.2. The molecule has 1 unspecified atom stereocenters. The summed E-state index contributed by atoms with van der Waals surface area (Å²) in [6, 6.07) is 6.29. The number of halogens is 3. The van der Waals surface area contributed by atoms with E-state index in [2.05, 4.69) is 26.3 Å². The molecular weight excluding hydrogens is 476 g/mol. The largest absolute Gasteiger partial charge is 0.508 e. The van der Waals surface area contributed by atoms with E-state index in [-0.39, 0.29) is 41.7 Å². The first kappa shape index (κ1) is 24.4. The molecule has 2 aromatic rings. The van der Waals surface area contributed by atoms with E-state index in [1.807, 2.05) is 0 Å². The number of carbonyl (C=O) groups is 2. The molecule has 3 rings (SSSR count). The summed E-state index contributed by atoms with van der Waals surface area (Å²) >= 11 is 11.9. The Kier molecular flexibility index (Phi) is 7.83. The Morgan fingerprint density at radius 2 is 2.00 bits per heavy atom. The van der Waals surface area contributed by atoms with Crippen LogP contribution < -0.4 is 21.3 Å². The second-order valence-electron chi connectivity index (χ2n) is 7.36. The fourth-order valence-corrected chi connectivity index (χ4v) is 3.61. The Hall–Kier alpha value is -3.24. The standard InChI is InChI=1S/C21H22Cl2FN5O4/c1-10(16-4-12(22)5-17(23)19(16)32)28-18(31)9-25-20(33)11-2-14(6-15(30)3-11)29-21-26-7-13(24)8-27-21/h2-6,10,13,30,32H,7-9H2,1H3,(H,25,33)(H,28,31)(H2,26,27,29)/t10-/m1/s1. The number of carbonyl (C=O) groups excluding carboxylic acids is 2. The molecule has 0 saturated heterocycles. The number of benzene rings is 2. The minimum atomic E-state index is -1.07. The quantitative estimate of drug-likeness (QED) is 0.363. The van der Waals surface area contributed by atoms with Gasteiger partial charge in [0.1, 0.15) is 17.7 Å². The smallest absolute Gasteiger partial charge is 0.251 e. The molecule has 0 aromatic heterocycles. The molecule has 2 amide bonds. The fourth-order valence-electron chi connectivity index (χ4n) is 3.10. The van der Waals surface area contributed by atoms with Gasteiger partial charge in [0, 0.05) is 27.9 Å². The lowest BCUT2D eigenvalue weighted by molar-refractivity contribution is -0.120. The molecule has 12 heteroatoms. The third-order valence-corrected chi connectivity index (χ3v) is 5.20. The number of amides is 2. The number of nitrogens with one attached hydrogen (secondary N) is 4. The highest BCUT2D eigenvalue weighted by molar-refractivity contribution is 6.35. The Morgan fingerprint density at radius 1 is 1.24 bits per heavy atom. The van der Waals surface area contributed by atoms with Crippen molar-refractivity contribution in [3.05, 3.63) is 51.5 Å². The van der Waals surface area contributed by atoms with Crippen LogP contribution in [-0.2, 0) is 4.79 Å². The number of rotatable bonds is 6. The highest BCUT2D eigenvalue weighted by Crippen LogP contribution is 2.34. The van der Waals surface area contributed by atoms with Crippen molar-refractivity contribution in [2.24, 2.45) is 4.99 Å². The Bertz CT molecular complexity index is 1100. The minimum absolute atomic E-state index is 0.00813. The van der Waals surface area contributed by atoms with Crippen molar-refractivity contribution < 1.29 is 24.2 Å². The van der Waals surface area contributed by atoms with Crippen LogP contribution in [0.1, 0.15) is 28.9 Å². The third-order valence-electron chi connectivity index (χ3n) is 4.69. The summed E-state index contributed by atoms with van der Waals surface area (Å²) in [6.07, 6.45) is -1.07. The van der Waals surface area contributed by atoms with Crippen molar-refractivity contribution in [3.63, 3.8) is 0 Å². The molecule has 1 aliphatic rings. The van der Waals surface area contributed by atoms with Crippen molar-refractivity contribution in [3.8, 4) is 11.5 Å². The summed E-state index contributed by atoms with van der Waals surface area (Å²) in [5.41, 5.74) is 0.779. The zero-order valence-corrected chi connectivity index (χ0v) is 19.0. The van der Waals surface area contributed by atoms with Gasteiger partial charge in [-0.25, -0.2) is 9.38 Å². The zero-order valence-electron chi connectivity index (χ0n) is 17.5. The summed E-state index contributed by atoms with van der Waals surface area (Å²) in [7, 11) is 0. The molecular formula is C21H22Cl2FN5O4. The molecule has 0 spiro atoms. The topological polar surface area (TPSA) is 135 Å². The van der Waals surface area contributed by atoms with Gasteiger partial charge < -0.3 is 31.5 Å². The van der Waals surface area contributed by atoms with Gasteiger partial charge in [0.25, 0.3) is 5.91 Å². The van der Waals surface area contributed by atoms with E-state index in [9.17, 15) is 24.2 Å². The van der Waals surface area contributed by atoms with E-state index in [4.69, 9.17) is 23.2 Å². The fraction of sp³-hybridized carbons (Fsp3) is 0.286. The summed E-state index contributed by atoms with van der Waals surface area (Å²) in [4.78, 5) is 28.8. The van der Waals surface area contributed by atoms with Gasteiger partial charge >= 0.3 is 0 Å². The second-order valence-corrected chi connectivity index (χ2v) is 8.20. The van der Waals surface area contributed by atoms with E-state index >= 15 is 0 Å². The van der Waals surface area contributed by atoms with Crippen molar-refractivity contribution in [1.29, 1.82) is 0 Å². The van der Waals surface area contributed by atoms with Gasteiger partial charge in [-0.1, -0.05) is 23.2 Å². The number of nitrogens with zero attached hydrogens (tertiary/aromatic N) is 1. The maximum atomic E-state index is 13.2. The van der Waals surface area contributed by atoms with Crippen LogP contribution in [0.15, 0.2) is 35.3 Å². The van der Waals surface area contributed by atoms with Crippen LogP contribution in [0.25, 0.3) is 0 Å². The SMILES string of the molecule is C[C@@H](NC(=O)CNC(=O)c1cc(O)cc(NC2=NCC(F)CN2)c1)c1cc(Cl)cc(Cl)c1O. The predicted molar refractivity (Wildman–Crippen MR) is 124 cm³/mol. The lowest BCUT2D eigenvalue weighted by atomic mass is 10.1. The lowest BCUT2D eigenvalue weighted by Crippen LogP contribution is -2.41. The molecule has 1 heterocycles. The Balaban J connectivity index is 1.59. The van der Waals surface area contributed by atoms with Crippen molar-refractivity contribution in [2.75, 3.05) is 25.0 Å². The first-order valence-electron chi connectivity index (χ1n) is 9.91. The van der Waals surface area contributed by atoms with Gasteiger partial charge in [0.15, 0.2) is 5.96 Å². The summed E-state index contributed by atoms with van der Waals surface area (Å²) in [5, 5.41) is 31.1. The third kappa shape index (κ3) is 6.62. The van der Waals surface area contributed by atoms with Crippen LogP contribution >= 0.6 is 23.2 Å². The maximum Gasteiger partial charge on any atom is 0.251 e. The maximum absolute atomic E-state index is 13.2. The number of aromatic hydroxyl groups is 2. The van der Waals surface area contributed by atoms with E-state index in [1.165, 1.54) is 30.3 Å². The van der Waals surface area contributed by atoms with Gasteiger partial charge in [0.05, 0.1) is 30.7 Å². The van der Waals surface area contributed by atoms with Crippen LogP contribution in [0.3, 0.4) is 0 Å². The number of guanidine groups is 1. The van der Waals surface area contributed by atoms with Gasteiger partial charge in [-0.15, -0.1) is 0 Å². The van der Waals surface area contributed by atoms with Gasteiger partial charge in [0.2, 0.25) is 5.91 Å². The average Bonchev–Trinajstić information content (AvgIpc) is 2.75. The second kappa shape index (κ2) is 10.6. The van der Waals surface area contributed by atoms with Gasteiger partial charge in [-0.05, 0) is 31.2 Å². The molecule has 0 aliphatic carbocycles. The van der Waals surface area contributed by atoms with Crippen molar-refractivity contribution in [2.45, 2.75) is 19.1 Å². The van der Waals surface area contributed by atoms with Crippen LogP contribution in [0, 0.1) is 0 Å².